The number of carbonyl (C=O) groups is 1. The average molecular weight is 595 g/mol. The Morgan fingerprint density at radius 3 is 2.75 bits per heavy atom. The van der Waals surface area contributed by atoms with E-state index in [9.17, 15) is 14.5 Å². The summed E-state index contributed by atoms with van der Waals surface area (Å²) in [6.45, 7) is 1.11. The summed E-state index contributed by atoms with van der Waals surface area (Å²) in [5.41, 5.74) is 6.59. The molecule has 0 radical (unpaired) electrons. The number of hydrogen-bond donors (Lipinski definition) is 3. The van der Waals surface area contributed by atoms with Crippen molar-refractivity contribution in [1.29, 1.82) is 0 Å². The van der Waals surface area contributed by atoms with Crippen LogP contribution in [-0.2, 0) is 23.4 Å². The first-order valence-corrected chi connectivity index (χ1v) is 15.1. The van der Waals surface area contributed by atoms with E-state index in [1.165, 1.54) is 6.33 Å². The minimum Gasteiger partial charge on any atom is -0.461 e. The van der Waals surface area contributed by atoms with Gasteiger partial charge in [-0.25, -0.2) is 9.55 Å². The molecule has 0 bridgehead atoms. The molecule has 2 fully saturated rings. The standard InChI is InChI=1S/C25H32ClN6O7P/c1-15(24(34)36-16-8-4-2-5-9-16)31-40(35,38-17-10-6-3-7-11-17)39-18-12-20(37-19(18)13-33)32-14-28-21-22(27)29-25(26)30-23(21)32/h3,6-7,10-11,14-16,18-20,33H,2,4-5,8-9,12-13H2,1H3,(H,31,35)(H2,27,29,30)/t15-,18+,19?,20+,40?/m0/s1. The number of fused-ring (bicyclic) bond motifs is 1. The fourth-order valence-electron chi connectivity index (χ4n) is 4.88. The summed E-state index contributed by atoms with van der Waals surface area (Å²) in [4.78, 5) is 25.2. The van der Waals surface area contributed by atoms with E-state index in [0.29, 0.717) is 11.2 Å². The molecule has 5 rings (SSSR count). The van der Waals surface area contributed by atoms with Crippen LogP contribution in [0.15, 0.2) is 36.7 Å². The Balaban J connectivity index is 1.35. The highest BCUT2D eigenvalue weighted by Gasteiger charge is 2.44. The first-order valence-electron chi connectivity index (χ1n) is 13.2. The minimum absolute atomic E-state index is 0.0599. The third kappa shape index (κ3) is 6.56. The van der Waals surface area contributed by atoms with Crippen LogP contribution in [-0.4, -0.2) is 61.6 Å². The van der Waals surface area contributed by atoms with E-state index in [2.05, 4.69) is 20.0 Å². The first-order chi connectivity index (χ1) is 19.2. The van der Waals surface area contributed by atoms with E-state index in [1.807, 2.05) is 0 Å². The molecule has 3 aromatic rings. The molecule has 4 N–H and O–H groups in total. The molecule has 5 atom stereocenters. The first kappa shape index (κ1) is 28.7. The number of hydrogen-bond acceptors (Lipinski definition) is 11. The van der Waals surface area contributed by atoms with E-state index in [1.54, 1.807) is 41.8 Å². The number of rotatable bonds is 10. The second-order valence-corrected chi connectivity index (χ2v) is 11.8. The Labute approximate surface area is 235 Å². The number of carbonyl (C=O) groups excluding carboxylic acids is 1. The van der Waals surface area contributed by atoms with Gasteiger partial charge < -0.3 is 24.8 Å². The van der Waals surface area contributed by atoms with Gasteiger partial charge in [-0.1, -0.05) is 24.6 Å². The Morgan fingerprint density at radius 1 is 1.27 bits per heavy atom. The molecule has 3 heterocycles. The Morgan fingerprint density at radius 2 is 2.02 bits per heavy atom. The Bertz CT molecular complexity index is 1370. The van der Waals surface area contributed by atoms with Crippen molar-refractivity contribution in [2.45, 2.75) is 76.0 Å². The SMILES string of the molecule is C[C@H](NP(=O)(Oc1ccccc1)O[C@@H]1C[C@H](n2cnc3c(N)nc(Cl)nc32)OC1CO)C(=O)OC1CCCCC1. The van der Waals surface area contributed by atoms with E-state index in [0.717, 1.165) is 32.1 Å². The van der Waals surface area contributed by atoms with E-state index >= 15 is 0 Å². The summed E-state index contributed by atoms with van der Waals surface area (Å²) in [7, 11) is -4.20. The molecular formula is C25H32ClN6O7P. The Kier molecular flexibility index (Phi) is 8.89. The molecule has 1 aliphatic heterocycles. The predicted molar refractivity (Wildman–Crippen MR) is 145 cm³/mol. The third-order valence-corrected chi connectivity index (χ3v) is 8.75. The van der Waals surface area contributed by atoms with Gasteiger partial charge in [-0.15, -0.1) is 0 Å². The lowest BCUT2D eigenvalue weighted by Crippen LogP contribution is -2.39. The van der Waals surface area contributed by atoms with Gasteiger partial charge in [0, 0.05) is 6.42 Å². The van der Waals surface area contributed by atoms with Crippen molar-refractivity contribution in [3.63, 3.8) is 0 Å². The fourth-order valence-corrected chi connectivity index (χ4v) is 6.77. The number of aromatic nitrogens is 4. The topological polar surface area (TPSA) is 173 Å². The number of nitrogens with zero attached hydrogens (tertiary/aromatic N) is 4. The second kappa shape index (κ2) is 12.4. The number of imidazole rings is 1. The van der Waals surface area contributed by atoms with E-state index < -0.39 is 44.8 Å². The van der Waals surface area contributed by atoms with Crippen LogP contribution in [0.2, 0.25) is 5.28 Å². The number of ether oxygens (including phenoxy) is 2. The minimum atomic E-state index is -4.20. The molecule has 2 aromatic heterocycles. The average Bonchev–Trinajstić information content (AvgIpc) is 3.53. The maximum Gasteiger partial charge on any atom is 0.459 e. The molecule has 216 valence electrons. The van der Waals surface area contributed by atoms with Gasteiger partial charge in [-0.2, -0.15) is 15.1 Å². The van der Waals surface area contributed by atoms with Crippen LogP contribution in [0.3, 0.4) is 0 Å². The zero-order valence-corrected chi connectivity index (χ0v) is 23.5. The molecule has 0 spiro atoms. The molecule has 1 saturated carbocycles. The number of anilines is 1. The zero-order chi connectivity index (χ0) is 28.3. The molecule has 1 saturated heterocycles. The molecule has 0 amide bonds. The molecular weight excluding hydrogens is 563 g/mol. The fraction of sp³-hybridized carbons (Fsp3) is 0.520. The highest BCUT2D eigenvalue weighted by Crippen LogP contribution is 2.49. The lowest BCUT2D eigenvalue weighted by molar-refractivity contribution is -0.152. The van der Waals surface area contributed by atoms with Crippen molar-refractivity contribution in [3.05, 3.63) is 41.9 Å². The Hall–Kier alpha value is -2.80. The van der Waals surface area contributed by atoms with Gasteiger partial charge in [0.15, 0.2) is 11.5 Å². The van der Waals surface area contributed by atoms with Gasteiger partial charge >= 0.3 is 13.7 Å². The number of aliphatic hydroxyl groups excluding tert-OH is 1. The molecule has 15 heteroatoms. The second-order valence-electron chi connectivity index (χ2n) is 9.84. The van der Waals surface area contributed by atoms with Crippen molar-refractivity contribution >= 4 is 42.3 Å². The molecule has 1 aliphatic carbocycles. The number of aliphatic hydroxyl groups is 1. The summed E-state index contributed by atoms with van der Waals surface area (Å²) in [5, 5.41) is 12.7. The largest absolute Gasteiger partial charge is 0.461 e. The van der Waals surface area contributed by atoms with Gasteiger partial charge in [-0.05, 0) is 56.3 Å². The number of nitrogen functional groups attached to an aromatic ring is 1. The zero-order valence-electron chi connectivity index (χ0n) is 21.9. The van der Waals surface area contributed by atoms with Gasteiger partial charge in [0.25, 0.3) is 0 Å². The van der Waals surface area contributed by atoms with Crippen LogP contribution < -0.4 is 15.3 Å². The molecule has 2 aliphatic rings. The van der Waals surface area contributed by atoms with Crippen LogP contribution in [0.1, 0.15) is 51.7 Å². The van der Waals surface area contributed by atoms with Crippen LogP contribution >= 0.6 is 19.3 Å². The van der Waals surface area contributed by atoms with Gasteiger partial charge in [-0.3, -0.25) is 13.9 Å². The number of esters is 1. The normalized spacial score (nSPS) is 24.0. The van der Waals surface area contributed by atoms with Crippen LogP contribution in [0.5, 0.6) is 5.75 Å². The van der Waals surface area contributed by atoms with Crippen LogP contribution in [0.25, 0.3) is 11.2 Å². The van der Waals surface area contributed by atoms with Gasteiger partial charge in [0.1, 0.15) is 41.8 Å². The number of nitrogens with one attached hydrogen (secondary N) is 1. The van der Waals surface area contributed by atoms with Crippen molar-refractivity contribution in [3.8, 4) is 5.75 Å². The van der Waals surface area contributed by atoms with E-state index in [-0.39, 0.29) is 29.4 Å². The maximum absolute atomic E-state index is 14.1. The molecule has 40 heavy (non-hydrogen) atoms. The third-order valence-electron chi connectivity index (χ3n) is 6.88. The lowest BCUT2D eigenvalue weighted by Gasteiger charge is -2.28. The van der Waals surface area contributed by atoms with Crippen LogP contribution in [0.4, 0.5) is 5.82 Å². The van der Waals surface area contributed by atoms with Crippen LogP contribution in [0, 0.1) is 0 Å². The van der Waals surface area contributed by atoms with Crippen molar-refractivity contribution in [2.75, 3.05) is 12.3 Å². The predicted octanol–water partition coefficient (Wildman–Crippen LogP) is 3.77. The number of benzene rings is 1. The summed E-state index contributed by atoms with van der Waals surface area (Å²) in [6, 6.07) is 7.45. The van der Waals surface area contributed by atoms with Crippen molar-refractivity contribution < 1.29 is 33.0 Å². The quantitative estimate of drug-likeness (QED) is 0.176. The number of para-hydroxylation sites is 1. The van der Waals surface area contributed by atoms with E-state index in [4.69, 9.17) is 35.9 Å². The molecule has 2 unspecified atom stereocenters. The molecule has 13 nitrogen and oxygen atoms in total. The summed E-state index contributed by atoms with van der Waals surface area (Å²) < 4.78 is 39.2. The number of halogens is 1. The maximum atomic E-state index is 14.1. The lowest BCUT2D eigenvalue weighted by atomic mass is 9.98. The van der Waals surface area contributed by atoms with Gasteiger partial charge in [0.05, 0.1) is 12.9 Å². The highest BCUT2D eigenvalue weighted by atomic mass is 35.5. The summed E-state index contributed by atoms with van der Waals surface area (Å²) >= 11 is 6.00. The number of nitrogens with two attached hydrogens (primary N) is 1. The highest BCUT2D eigenvalue weighted by molar-refractivity contribution is 7.52. The van der Waals surface area contributed by atoms with Crippen molar-refractivity contribution in [2.24, 2.45) is 0 Å². The smallest absolute Gasteiger partial charge is 0.459 e. The molecule has 1 aromatic carbocycles. The summed E-state index contributed by atoms with van der Waals surface area (Å²) in [5.74, 6) is -0.174. The van der Waals surface area contributed by atoms with Gasteiger partial charge in [0.2, 0.25) is 5.28 Å². The summed E-state index contributed by atoms with van der Waals surface area (Å²) in [6.07, 6.45) is 3.68. The monoisotopic (exact) mass is 594 g/mol. The van der Waals surface area contributed by atoms with Crippen molar-refractivity contribution in [1.82, 2.24) is 24.6 Å².